The molecule has 0 saturated carbocycles. The van der Waals surface area contributed by atoms with Crippen molar-refractivity contribution in [1.82, 2.24) is 0 Å². The van der Waals surface area contributed by atoms with Gasteiger partial charge in [-0.1, -0.05) is 51.2 Å². The summed E-state index contributed by atoms with van der Waals surface area (Å²) in [6.07, 6.45) is 13.9. The third kappa shape index (κ3) is 5.99. The van der Waals surface area contributed by atoms with Crippen molar-refractivity contribution in [3.63, 3.8) is 0 Å². The van der Waals surface area contributed by atoms with Crippen LogP contribution in [0, 0.1) is 5.92 Å². The molecule has 1 heterocycles. The van der Waals surface area contributed by atoms with E-state index in [2.05, 4.69) is 17.7 Å². The van der Waals surface area contributed by atoms with Crippen molar-refractivity contribution in [2.24, 2.45) is 5.92 Å². The Morgan fingerprint density at radius 2 is 1.83 bits per heavy atom. The second-order valence-electron chi connectivity index (χ2n) is 4.96. The van der Waals surface area contributed by atoms with Crippen molar-refractivity contribution in [2.75, 3.05) is 0 Å². The van der Waals surface area contributed by atoms with Gasteiger partial charge in [0.2, 0.25) is 0 Å². The lowest BCUT2D eigenvalue weighted by molar-refractivity contribution is -0.153. The zero-order chi connectivity index (χ0) is 13.2. The van der Waals surface area contributed by atoms with E-state index in [-0.39, 0.29) is 24.3 Å². The number of rotatable bonds is 9. The number of esters is 2. The van der Waals surface area contributed by atoms with Gasteiger partial charge in [-0.25, -0.2) is 0 Å². The highest BCUT2D eigenvalue weighted by molar-refractivity contribution is 5.94. The van der Waals surface area contributed by atoms with Crippen molar-refractivity contribution >= 4 is 11.9 Å². The van der Waals surface area contributed by atoms with Crippen LogP contribution in [-0.4, -0.2) is 11.9 Å². The number of carbonyl (C=O) groups excluding carboxylic acids is 2. The summed E-state index contributed by atoms with van der Waals surface area (Å²) in [7, 11) is 0. The van der Waals surface area contributed by atoms with E-state index in [4.69, 9.17) is 0 Å². The van der Waals surface area contributed by atoms with Gasteiger partial charge in [0.05, 0.1) is 12.3 Å². The number of allylic oxidation sites excluding steroid dienone is 2. The van der Waals surface area contributed by atoms with Gasteiger partial charge in [-0.3, -0.25) is 9.59 Å². The average molecular weight is 252 g/mol. The lowest BCUT2D eigenvalue weighted by Crippen LogP contribution is -2.05. The van der Waals surface area contributed by atoms with Gasteiger partial charge in [-0.15, -0.1) is 0 Å². The standard InChI is InChI=1S/C15H24O3/c1-2-3-4-5-6-7-8-9-10-11-13-12-14(16)18-15(13)17/h9-10,13H,2-8,11-12H2,1H3/b10-9+. The summed E-state index contributed by atoms with van der Waals surface area (Å²) in [4.78, 5) is 22.0. The maximum Gasteiger partial charge on any atom is 0.317 e. The molecule has 0 aliphatic carbocycles. The van der Waals surface area contributed by atoms with Crippen LogP contribution in [0.4, 0.5) is 0 Å². The summed E-state index contributed by atoms with van der Waals surface area (Å²) >= 11 is 0. The molecule has 0 spiro atoms. The first-order valence-electron chi connectivity index (χ1n) is 7.13. The molecule has 0 N–H and O–H groups in total. The summed E-state index contributed by atoms with van der Waals surface area (Å²) in [6.45, 7) is 2.22. The minimum Gasteiger partial charge on any atom is -0.393 e. The predicted molar refractivity (Wildman–Crippen MR) is 71.0 cm³/mol. The quantitative estimate of drug-likeness (QED) is 0.271. The summed E-state index contributed by atoms with van der Waals surface area (Å²) in [5.41, 5.74) is 0. The van der Waals surface area contributed by atoms with Crippen LogP contribution in [0.3, 0.4) is 0 Å². The van der Waals surface area contributed by atoms with Gasteiger partial charge in [0.1, 0.15) is 0 Å². The molecule has 0 radical (unpaired) electrons. The average Bonchev–Trinajstić information content (AvgIpc) is 2.66. The molecule has 0 bridgehead atoms. The van der Waals surface area contributed by atoms with Gasteiger partial charge in [0, 0.05) is 0 Å². The van der Waals surface area contributed by atoms with E-state index < -0.39 is 0 Å². The van der Waals surface area contributed by atoms with Crippen molar-refractivity contribution in [3.8, 4) is 0 Å². The molecule has 18 heavy (non-hydrogen) atoms. The number of ether oxygens (including phenoxy) is 1. The largest absolute Gasteiger partial charge is 0.393 e. The van der Waals surface area contributed by atoms with E-state index in [1.165, 1.54) is 38.5 Å². The Hall–Kier alpha value is -1.12. The fourth-order valence-electron chi connectivity index (χ4n) is 2.12. The molecule has 3 nitrogen and oxygen atoms in total. The Bertz CT molecular complexity index is 294. The fourth-order valence-corrected chi connectivity index (χ4v) is 2.12. The molecule has 1 saturated heterocycles. The molecule has 0 amide bonds. The number of carbonyl (C=O) groups is 2. The SMILES string of the molecule is CCCCCCCC/C=C/CC1CC(=O)OC1=O. The monoisotopic (exact) mass is 252 g/mol. The maximum absolute atomic E-state index is 11.2. The van der Waals surface area contributed by atoms with E-state index in [1.807, 2.05) is 6.08 Å². The Labute approximate surface area is 110 Å². The van der Waals surface area contributed by atoms with Gasteiger partial charge < -0.3 is 4.74 Å². The maximum atomic E-state index is 11.2. The first kappa shape index (κ1) is 14.9. The van der Waals surface area contributed by atoms with Crippen LogP contribution in [0.15, 0.2) is 12.2 Å². The zero-order valence-corrected chi connectivity index (χ0v) is 11.3. The van der Waals surface area contributed by atoms with E-state index in [0.29, 0.717) is 6.42 Å². The Kier molecular flexibility index (Phi) is 7.38. The second kappa shape index (κ2) is 8.90. The molecule has 1 unspecified atom stereocenters. The molecule has 1 atom stereocenters. The molecular formula is C15H24O3. The second-order valence-corrected chi connectivity index (χ2v) is 4.96. The molecule has 0 aromatic rings. The van der Waals surface area contributed by atoms with Crippen molar-refractivity contribution in [1.29, 1.82) is 0 Å². The van der Waals surface area contributed by atoms with Crippen LogP contribution in [0.2, 0.25) is 0 Å². The van der Waals surface area contributed by atoms with Crippen LogP contribution in [0.1, 0.15) is 64.7 Å². The summed E-state index contributed by atoms with van der Waals surface area (Å²) in [6, 6.07) is 0. The summed E-state index contributed by atoms with van der Waals surface area (Å²) in [5.74, 6) is -0.975. The van der Waals surface area contributed by atoms with Crippen LogP contribution in [0.25, 0.3) is 0 Å². The molecule has 3 heteroatoms. The van der Waals surface area contributed by atoms with Crippen LogP contribution in [0.5, 0.6) is 0 Å². The highest BCUT2D eigenvalue weighted by atomic mass is 16.6. The molecule has 0 aromatic carbocycles. The minimum atomic E-state index is -0.380. The van der Waals surface area contributed by atoms with Gasteiger partial charge in [-0.2, -0.15) is 0 Å². The van der Waals surface area contributed by atoms with Gasteiger partial charge in [-0.05, 0) is 19.3 Å². The number of cyclic esters (lactones) is 2. The number of hydrogen-bond donors (Lipinski definition) is 0. The lowest BCUT2D eigenvalue weighted by atomic mass is 10.0. The lowest BCUT2D eigenvalue weighted by Gasteiger charge is -1.99. The topological polar surface area (TPSA) is 43.4 Å². The van der Waals surface area contributed by atoms with Crippen LogP contribution < -0.4 is 0 Å². The Morgan fingerprint density at radius 1 is 1.11 bits per heavy atom. The number of unbranched alkanes of at least 4 members (excludes halogenated alkanes) is 6. The Morgan fingerprint density at radius 3 is 2.50 bits per heavy atom. The first-order valence-corrected chi connectivity index (χ1v) is 7.13. The van der Waals surface area contributed by atoms with E-state index in [1.54, 1.807) is 0 Å². The van der Waals surface area contributed by atoms with Crippen LogP contribution >= 0.6 is 0 Å². The third-order valence-corrected chi connectivity index (χ3v) is 3.27. The first-order chi connectivity index (χ1) is 8.74. The highest BCUT2D eigenvalue weighted by Gasteiger charge is 2.31. The normalized spacial score (nSPS) is 19.7. The molecule has 1 aliphatic rings. The van der Waals surface area contributed by atoms with Crippen molar-refractivity contribution in [2.45, 2.75) is 64.7 Å². The molecule has 1 fully saturated rings. The van der Waals surface area contributed by atoms with Crippen molar-refractivity contribution < 1.29 is 14.3 Å². The fraction of sp³-hybridized carbons (Fsp3) is 0.733. The molecule has 1 rings (SSSR count). The molecule has 0 aromatic heterocycles. The zero-order valence-electron chi connectivity index (χ0n) is 11.3. The predicted octanol–water partition coefficient (Wildman–Crippen LogP) is 3.77. The summed E-state index contributed by atoms with van der Waals surface area (Å²) < 4.78 is 4.50. The smallest absolute Gasteiger partial charge is 0.317 e. The van der Waals surface area contributed by atoms with Crippen molar-refractivity contribution in [3.05, 3.63) is 12.2 Å². The van der Waals surface area contributed by atoms with Gasteiger partial charge in [0.25, 0.3) is 0 Å². The van der Waals surface area contributed by atoms with E-state index in [9.17, 15) is 9.59 Å². The third-order valence-electron chi connectivity index (χ3n) is 3.27. The molecule has 1 aliphatic heterocycles. The highest BCUT2D eigenvalue weighted by Crippen LogP contribution is 2.20. The minimum absolute atomic E-state index is 0.238. The Balaban J connectivity index is 1.97. The van der Waals surface area contributed by atoms with Gasteiger partial charge >= 0.3 is 11.9 Å². The van der Waals surface area contributed by atoms with Gasteiger partial charge in [0.15, 0.2) is 0 Å². The van der Waals surface area contributed by atoms with Crippen LogP contribution in [-0.2, 0) is 14.3 Å². The van der Waals surface area contributed by atoms with E-state index >= 15 is 0 Å². The summed E-state index contributed by atoms with van der Waals surface area (Å²) in [5, 5.41) is 0. The molecule has 102 valence electrons. The molecular weight excluding hydrogens is 228 g/mol. The van der Waals surface area contributed by atoms with E-state index in [0.717, 1.165) is 6.42 Å². The number of hydrogen-bond acceptors (Lipinski definition) is 3.